The second-order valence-electron chi connectivity index (χ2n) is 4.53. The lowest BCUT2D eigenvalue weighted by Crippen LogP contribution is -2.34. The van der Waals surface area contributed by atoms with E-state index in [1.165, 1.54) is 5.56 Å². The molecule has 0 amide bonds. The van der Waals surface area contributed by atoms with Crippen LogP contribution in [0, 0.1) is 5.92 Å². The molecule has 2 heteroatoms. The molecule has 1 heterocycles. The number of rotatable bonds is 4. The molecule has 3 atom stereocenters. The van der Waals surface area contributed by atoms with E-state index in [0.29, 0.717) is 12.5 Å². The van der Waals surface area contributed by atoms with Gasteiger partial charge in [0.2, 0.25) is 0 Å². The maximum atomic E-state index is 5.95. The summed E-state index contributed by atoms with van der Waals surface area (Å²) >= 11 is 0. The Morgan fingerprint density at radius 3 is 2.71 bits per heavy atom. The highest BCUT2D eigenvalue weighted by Crippen LogP contribution is 2.24. The zero-order chi connectivity index (χ0) is 12.1. The van der Waals surface area contributed by atoms with E-state index in [9.17, 15) is 0 Å². The maximum absolute atomic E-state index is 5.95. The van der Waals surface area contributed by atoms with Crippen LogP contribution in [0.5, 0.6) is 0 Å². The molecule has 0 spiro atoms. The van der Waals surface area contributed by atoms with Crippen molar-refractivity contribution >= 4 is 0 Å². The molecule has 1 aromatic rings. The summed E-state index contributed by atoms with van der Waals surface area (Å²) < 4.78 is 11.5. The number of hydrogen-bond donors (Lipinski definition) is 0. The fourth-order valence-electron chi connectivity index (χ4n) is 2.18. The average molecular weight is 232 g/mol. The third kappa shape index (κ3) is 3.10. The maximum Gasteiger partial charge on any atom is 0.103 e. The van der Waals surface area contributed by atoms with Crippen LogP contribution in [0.4, 0.5) is 0 Å². The fraction of sp³-hybridized carbons (Fsp3) is 0.467. The Bertz CT molecular complexity index is 358. The van der Waals surface area contributed by atoms with E-state index in [4.69, 9.17) is 9.47 Å². The number of benzene rings is 1. The summed E-state index contributed by atoms with van der Waals surface area (Å²) in [6, 6.07) is 10.3. The van der Waals surface area contributed by atoms with E-state index in [1.54, 1.807) is 6.26 Å². The van der Waals surface area contributed by atoms with Gasteiger partial charge in [0.05, 0.1) is 19.0 Å². The number of ether oxygens (including phenoxy) is 2. The summed E-state index contributed by atoms with van der Waals surface area (Å²) in [5.41, 5.74) is 1.22. The van der Waals surface area contributed by atoms with Crippen LogP contribution in [0.15, 0.2) is 42.7 Å². The zero-order valence-corrected chi connectivity index (χ0v) is 10.5. The van der Waals surface area contributed by atoms with Crippen LogP contribution in [0.25, 0.3) is 0 Å². The van der Waals surface area contributed by atoms with Gasteiger partial charge < -0.3 is 9.47 Å². The minimum absolute atomic E-state index is 0.161. The molecule has 1 unspecified atom stereocenters. The second kappa shape index (κ2) is 5.87. The van der Waals surface area contributed by atoms with Gasteiger partial charge in [0.1, 0.15) is 6.10 Å². The standard InChI is InChI=1S/C15H20O2/c1-3-14-12(2)15(9-10-16-14)17-11-13-7-5-4-6-8-13/h4-10,12,14-15H,3,11H2,1-2H3/t12-,14?,15+/m1/s1. The number of hydrogen-bond acceptors (Lipinski definition) is 2. The lowest BCUT2D eigenvalue weighted by Gasteiger charge is -2.31. The lowest BCUT2D eigenvalue weighted by atomic mass is 9.94. The van der Waals surface area contributed by atoms with Crippen molar-refractivity contribution < 1.29 is 9.47 Å². The molecule has 0 aromatic heterocycles. The Morgan fingerprint density at radius 2 is 2.00 bits per heavy atom. The van der Waals surface area contributed by atoms with Gasteiger partial charge in [0.15, 0.2) is 0 Å². The molecule has 17 heavy (non-hydrogen) atoms. The highest BCUT2D eigenvalue weighted by atomic mass is 16.5. The van der Waals surface area contributed by atoms with Crippen molar-refractivity contribution in [3.05, 3.63) is 48.2 Å². The summed E-state index contributed by atoms with van der Waals surface area (Å²) in [6.45, 7) is 5.00. The van der Waals surface area contributed by atoms with Gasteiger partial charge in [-0.25, -0.2) is 0 Å². The first-order chi connectivity index (χ1) is 8.31. The van der Waals surface area contributed by atoms with Crippen LogP contribution >= 0.6 is 0 Å². The summed E-state index contributed by atoms with van der Waals surface area (Å²) in [7, 11) is 0. The van der Waals surface area contributed by atoms with E-state index in [0.717, 1.165) is 6.42 Å². The minimum Gasteiger partial charge on any atom is -0.498 e. The Labute approximate surface area is 103 Å². The van der Waals surface area contributed by atoms with Crippen molar-refractivity contribution in [1.82, 2.24) is 0 Å². The summed E-state index contributed by atoms with van der Waals surface area (Å²) in [5.74, 6) is 0.411. The van der Waals surface area contributed by atoms with Crippen LogP contribution in [0.1, 0.15) is 25.8 Å². The van der Waals surface area contributed by atoms with Gasteiger partial charge in [0, 0.05) is 5.92 Å². The highest BCUT2D eigenvalue weighted by molar-refractivity contribution is 5.13. The Morgan fingerprint density at radius 1 is 1.24 bits per heavy atom. The molecule has 0 bridgehead atoms. The lowest BCUT2D eigenvalue weighted by molar-refractivity contribution is -0.0364. The van der Waals surface area contributed by atoms with Crippen molar-refractivity contribution in [2.75, 3.05) is 0 Å². The van der Waals surface area contributed by atoms with E-state index in [1.807, 2.05) is 24.3 Å². The van der Waals surface area contributed by atoms with E-state index < -0.39 is 0 Å². The summed E-state index contributed by atoms with van der Waals surface area (Å²) in [5, 5.41) is 0. The van der Waals surface area contributed by atoms with Crippen molar-refractivity contribution in [3.63, 3.8) is 0 Å². The van der Waals surface area contributed by atoms with Crippen LogP contribution in [-0.4, -0.2) is 12.2 Å². The van der Waals surface area contributed by atoms with Gasteiger partial charge in [0.25, 0.3) is 0 Å². The Balaban J connectivity index is 1.91. The molecule has 0 N–H and O–H groups in total. The Hall–Kier alpha value is -1.28. The molecule has 92 valence electrons. The molecule has 0 saturated carbocycles. The van der Waals surface area contributed by atoms with Crippen molar-refractivity contribution in [2.24, 2.45) is 5.92 Å². The third-order valence-corrected chi connectivity index (χ3v) is 3.31. The van der Waals surface area contributed by atoms with E-state index in [-0.39, 0.29) is 12.2 Å². The molecule has 0 fully saturated rings. The molecule has 1 aliphatic rings. The predicted molar refractivity (Wildman–Crippen MR) is 68.5 cm³/mol. The van der Waals surface area contributed by atoms with Gasteiger partial charge >= 0.3 is 0 Å². The fourth-order valence-corrected chi connectivity index (χ4v) is 2.18. The predicted octanol–water partition coefficient (Wildman–Crippen LogP) is 3.53. The SMILES string of the molecule is CCC1OC=C[C@H](OCc2ccccc2)[C@@H]1C. The zero-order valence-electron chi connectivity index (χ0n) is 10.5. The molecular weight excluding hydrogens is 212 g/mol. The molecule has 2 nitrogen and oxygen atoms in total. The highest BCUT2D eigenvalue weighted by Gasteiger charge is 2.27. The van der Waals surface area contributed by atoms with Crippen molar-refractivity contribution in [1.29, 1.82) is 0 Å². The van der Waals surface area contributed by atoms with Crippen molar-refractivity contribution in [3.8, 4) is 0 Å². The van der Waals surface area contributed by atoms with E-state index in [2.05, 4.69) is 26.0 Å². The Kier molecular flexibility index (Phi) is 4.21. The van der Waals surface area contributed by atoms with Gasteiger partial charge in [-0.1, -0.05) is 44.2 Å². The van der Waals surface area contributed by atoms with Crippen LogP contribution in [0.2, 0.25) is 0 Å². The minimum atomic E-state index is 0.161. The van der Waals surface area contributed by atoms with Crippen molar-refractivity contribution in [2.45, 2.75) is 39.1 Å². The third-order valence-electron chi connectivity index (χ3n) is 3.31. The molecular formula is C15H20O2. The van der Waals surface area contributed by atoms with Crippen LogP contribution in [-0.2, 0) is 16.1 Å². The molecule has 2 rings (SSSR count). The van der Waals surface area contributed by atoms with E-state index >= 15 is 0 Å². The molecule has 0 aliphatic carbocycles. The quantitative estimate of drug-likeness (QED) is 0.790. The normalized spacial score (nSPS) is 27.8. The molecule has 0 saturated heterocycles. The van der Waals surface area contributed by atoms with Gasteiger partial charge in [-0.15, -0.1) is 0 Å². The monoisotopic (exact) mass is 232 g/mol. The average Bonchev–Trinajstić information content (AvgIpc) is 2.39. The smallest absolute Gasteiger partial charge is 0.103 e. The molecule has 0 radical (unpaired) electrons. The van der Waals surface area contributed by atoms with Gasteiger partial charge in [-0.2, -0.15) is 0 Å². The largest absolute Gasteiger partial charge is 0.498 e. The summed E-state index contributed by atoms with van der Waals surface area (Å²) in [6.07, 6.45) is 5.26. The topological polar surface area (TPSA) is 18.5 Å². The first-order valence-corrected chi connectivity index (χ1v) is 6.29. The first-order valence-electron chi connectivity index (χ1n) is 6.29. The van der Waals surface area contributed by atoms with Gasteiger partial charge in [-0.3, -0.25) is 0 Å². The summed E-state index contributed by atoms with van der Waals surface area (Å²) in [4.78, 5) is 0. The van der Waals surface area contributed by atoms with Crippen LogP contribution in [0.3, 0.4) is 0 Å². The van der Waals surface area contributed by atoms with Crippen LogP contribution < -0.4 is 0 Å². The first kappa shape index (κ1) is 12.2. The van der Waals surface area contributed by atoms with Gasteiger partial charge in [-0.05, 0) is 18.1 Å². The second-order valence-corrected chi connectivity index (χ2v) is 4.53. The molecule has 1 aromatic carbocycles. The molecule has 1 aliphatic heterocycles.